The SMILES string of the molecule is CNc1ccc(C)cc1C(=O)N1CCCCC1CO. The van der Waals surface area contributed by atoms with Crippen LogP contribution in [-0.4, -0.2) is 42.2 Å². The van der Waals surface area contributed by atoms with Gasteiger partial charge in [-0.05, 0) is 38.3 Å². The lowest BCUT2D eigenvalue weighted by Crippen LogP contribution is -2.45. The van der Waals surface area contributed by atoms with Gasteiger partial charge in [0, 0.05) is 19.3 Å². The van der Waals surface area contributed by atoms with Crippen LogP contribution in [0, 0.1) is 6.92 Å². The molecule has 1 aromatic carbocycles. The van der Waals surface area contributed by atoms with Gasteiger partial charge in [-0.3, -0.25) is 4.79 Å². The van der Waals surface area contributed by atoms with Crippen molar-refractivity contribution in [1.82, 2.24) is 4.90 Å². The standard InChI is InChI=1S/C15H22N2O2/c1-11-6-7-14(16-2)13(9-11)15(19)17-8-4-3-5-12(17)10-18/h6-7,9,12,16,18H,3-5,8,10H2,1-2H3. The van der Waals surface area contributed by atoms with Gasteiger partial charge in [-0.2, -0.15) is 0 Å². The van der Waals surface area contributed by atoms with Crippen LogP contribution < -0.4 is 5.32 Å². The maximum absolute atomic E-state index is 12.7. The van der Waals surface area contributed by atoms with Gasteiger partial charge >= 0.3 is 0 Å². The molecule has 4 nitrogen and oxygen atoms in total. The summed E-state index contributed by atoms with van der Waals surface area (Å²) in [6.45, 7) is 2.77. The fraction of sp³-hybridized carbons (Fsp3) is 0.533. The zero-order valence-electron chi connectivity index (χ0n) is 11.6. The number of nitrogens with zero attached hydrogens (tertiary/aromatic N) is 1. The lowest BCUT2D eigenvalue weighted by atomic mass is 10.00. The van der Waals surface area contributed by atoms with E-state index in [9.17, 15) is 9.90 Å². The molecule has 0 spiro atoms. The number of amides is 1. The summed E-state index contributed by atoms with van der Waals surface area (Å²) < 4.78 is 0. The van der Waals surface area contributed by atoms with Gasteiger partial charge in [0.25, 0.3) is 5.91 Å². The summed E-state index contributed by atoms with van der Waals surface area (Å²) in [7, 11) is 1.82. The normalized spacial score (nSPS) is 19.3. The number of piperidine rings is 1. The highest BCUT2D eigenvalue weighted by atomic mass is 16.3. The summed E-state index contributed by atoms with van der Waals surface area (Å²) >= 11 is 0. The highest BCUT2D eigenvalue weighted by molar-refractivity contribution is 6.00. The average molecular weight is 262 g/mol. The van der Waals surface area contributed by atoms with Crippen LogP contribution in [0.1, 0.15) is 35.2 Å². The fourth-order valence-electron chi connectivity index (χ4n) is 2.67. The number of hydrogen-bond donors (Lipinski definition) is 2. The summed E-state index contributed by atoms with van der Waals surface area (Å²) in [6, 6.07) is 5.80. The van der Waals surface area contributed by atoms with Crippen LogP contribution in [0.25, 0.3) is 0 Å². The number of benzene rings is 1. The Hall–Kier alpha value is -1.55. The number of hydrogen-bond acceptors (Lipinski definition) is 3. The molecule has 0 saturated carbocycles. The minimum atomic E-state index is -0.0357. The lowest BCUT2D eigenvalue weighted by molar-refractivity contribution is 0.0504. The van der Waals surface area contributed by atoms with Crippen molar-refractivity contribution in [1.29, 1.82) is 0 Å². The van der Waals surface area contributed by atoms with Crippen LogP contribution in [0.3, 0.4) is 0 Å². The summed E-state index contributed by atoms with van der Waals surface area (Å²) in [4.78, 5) is 14.5. The molecule has 2 N–H and O–H groups in total. The zero-order valence-corrected chi connectivity index (χ0v) is 11.6. The van der Waals surface area contributed by atoms with E-state index in [1.165, 1.54) is 0 Å². The third-order valence-electron chi connectivity index (χ3n) is 3.77. The Bertz CT molecular complexity index is 459. The number of anilines is 1. The summed E-state index contributed by atoms with van der Waals surface area (Å²) in [6.07, 6.45) is 2.99. The molecule has 104 valence electrons. The number of nitrogens with one attached hydrogen (secondary N) is 1. The molecule has 4 heteroatoms. The van der Waals surface area contributed by atoms with Crippen molar-refractivity contribution in [3.63, 3.8) is 0 Å². The van der Waals surface area contributed by atoms with E-state index in [4.69, 9.17) is 0 Å². The monoisotopic (exact) mass is 262 g/mol. The first-order valence-corrected chi connectivity index (χ1v) is 6.87. The summed E-state index contributed by atoms with van der Waals surface area (Å²) in [5.41, 5.74) is 2.61. The van der Waals surface area contributed by atoms with Gasteiger partial charge in [-0.25, -0.2) is 0 Å². The Balaban J connectivity index is 2.29. The third kappa shape index (κ3) is 2.89. The van der Waals surface area contributed by atoms with E-state index in [1.54, 1.807) is 0 Å². The number of aliphatic hydroxyl groups excluding tert-OH is 1. The Morgan fingerprint density at radius 2 is 2.26 bits per heavy atom. The van der Waals surface area contributed by atoms with Crippen LogP contribution >= 0.6 is 0 Å². The Morgan fingerprint density at radius 1 is 1.47 bits per heavy atom. The molecular weight excluding hydrogens is 240 g/mol. The second kappa shape index (κ2) is 6.06. The average Bonchev–Trinajstić information content (AvgIpc) is 2.46. The van der Waals surface area contributed by atoms with Crippen LogP contribution in [0.2, 0.25) is 0 Å². The maximum atomic E-state index is 12.7. The molecule has 1 aliphatic rings. The molecule has 1 aromatic rings. The first kappa shape index (κ1) is 13.9. The molecule has 0 aliphatic carbocycles. The predicted molar refractivity (Wildman–Crippen MR) is 76.5 cm³/mol. The van der Waals surface area contributed by atoms with Gasteiger partial charge in [0.2, 0.25) is 0 Å². The smallest absolute Gasteiger partial charge is 0.256 e. The number of aryl methyl sites for hydroxylation is 1. The van der Waals surface area contributed by atoms with E-state index in [1.807, 2.05) is 37.1 Å². The first-order chi connectivity index (χ1) is 9.17. The molecule has 2 rings (SSSR count). The fourth-order valence-corrected chi connectivity index (χ4v) is 2.67. The minimum absolute atomic E-state index is 0.0202. The van der Waals surface area contributed by atoms with Crippen LogP contribution in [0.5, 0.6) is 0 Å². The highest BCUT2D eigenvalue weighted by Crippen LogP contribution is 2.24. The van der Waals surface area contributed by atoms with E-state index >= 15 is 0 Å². The van der Waals surface area contributed by atoms with Crippen LogP contribution in [0.15, 0.2) is 18.2 Å². The molecule has 1 unspecified atom stereocenters. The van der Waals surface area contributed by atoms with Crippen molar-refractivity contribution in [3.8, 4) is 0 Å². The first-order valence-electron chi connectivity index (χ1n) is 6.87. The highest BCUT2D eigenvalue weighted by Gasteiger charge is 2.28. The number of likely N-dealkylation sites (tertiary alicyclic amines) is 1. The van der Waals surface area contributed by atoms with Crippen molar-refractivity contribution >= 4 is 11.6 Å². The molecule has 0 aromatic heterocycles. The third-order valence-corrected chi connectivity index (χ3v) is 3.77. The summed E-state index contributed by atoms with van der Waals surface area (Å²) in [5, 5.41) is 12.5. The van der Waals surface area contributed by atoms with Gasteiger partial charge in [0.05, 0.1) is 18.2 Å². The van der Waals surface area contributed by atoms with Crippen molar-refractivity contribution in [2.75, 3.05) is 25.5 Å². The molecule has 0 bridgehead atoms. The van der Waals surface area contributed by atoms with Crippen LogP contribution in [0.4, 0.5) is 5.69 Å². The predicted octanol–water partition coefficient (Wildman–Crippen LogP) is 2.02. The van der Waals surface area contributed by atoms with Gasteiger partial charge in [0.15, 0.2) is 0 Å². The van der Waals surface area contributed by atoms with E-state index in [2.05, 4.69) is 5.32 Å². The number of rotatable bonds is 3. The molecule has 1 amide bonds. The molecule has 1 heterocycles. The van der Waals surface area contributed by atoms with E-state index in [0.29, 0.717) is 5.56 Å². The molecule has 1 atom stereocenters. The largest absolute Gasteiger partial charge is 0.394 e. The molecular formula is C15H22N2O2. The number of aliphatic hydroxyl groups is 1. The van der Waals surface area contributed by atoms with Crippen molar-refractivity contribution in [2.45, 2.75) is 32.2 Å². The van der Waals surface area contributed by atoms with Gasteiger partial charge in [0.1, 0.15) is 0 Å². The second-order valence-corrected chi connectivity index (χ2v) is 5.13. The molecule has 19 heavy (non-hydrogen) atoms. The van der Waals surface area contributed by atoms with E-state index in [0.717, 1.165) is 37.1 Å². The summed E-state index contributed by atoms with van der Waals surface area (Å²) in [5.74, 6) is 0.0202. The number of carbonyl (C=O) groups excluding carboxylic acids is 1. The quantitative estimate of drug-likeness (QED) is 0.876. The van der Waals surface area contributed by atoms with Crippen LogP contribution in [-0.2, 0) is 0 Å². The zero-order chi connectivity index (χ0) is 13.8. The van der Waals surface area contributed by atoms with Gasteiger partial charge < -0.3 is 15.3 Å². The maximum Gasteiger partial charge on any atom is 0.256 e. The molecule has 1 aliphatic heterocycles. The molecule has 1 fully saturated rings. The van der Waals surface area contributed by atoms with Gasteiger partial charge in [-0.1, -0.05) is 11.6 Å². The Morgan fingerprint density at radius 3 is 2.95 bits per heavy atom. The molecule has 1 saturated heterocycles. The molecule has 0 radical (unpaired) electrons. The second-order valence-electron chi connectivity index (χ2n) is 5.13. The number of carbonyl (C=O) groups is 1. The van der Waals surface area contributed by atoms with Gasteiger partial charge in [-0.15, -0.1) is 0 Å². The van der Waals surface area contributed by atoms with E-state index < -0.39 is 0 Å². The lowest BCUT2D eigenvalue weighted by Gasteiger charge is -2.35. The minimum Gasteiger partial charge on any atom is -0.394 e. The van der Waals surface area contributed by atoms with Crippen molar-refractivity contribution < 1.29 is 9.90 Å². The Labute approximate surface area is 114 Å². The topological polar surface area (TPSA) is 52.6 Å². The van der Waals surface area contributed by atoms with Crippen molar-refractivity contribution in [2.24, 2.45) is 0 Å². The Kier molecular flexibility index (Phi) is 4.43. The van der Waals surface area contributed by atoms with Crippen molar-refractivity contribution in [3.05, 3.63) is 29.3 Å². The van der Waals surface area contributed by atoms with E-state index in [-0.39, 0.29) is 18.6 Å².